The number of benzene rings is 1. The molecule has 1 aliphatic carbocycles. The average molecular weight is 291 g/mol. The Morgan fingerprint density at radius 2 is 1.62 bits per heavy atom. The number of hydrogen-bond acceptors (Lipinski definition) is 3. The molecule has 1 saturated carbocycles. The summed E-state index contributed by atoms with van der Waals surface area (Å²) in [6.07, 6.45) is 3.95. The van der Waals surface area contributed by atoms with Crippen LogP contribution in [-0.2, 0) is 0 Å². The summed E-state index contributed by atoms with van der Waals surface area (Å²) in [5, 5.41) is 3.64. The van der Waals surface area contributed by atoms with Gasteiger partial charge in [-0.1, -0.05) is 26.0 Å². The van der Waals surface area contributed by atoms with E-state index in [9.17, 15) is 0 Å². The van der Waals surface area contributed by atoms with Gasteiger partial charge in [-0.2, -0.15) is 0 Å². The van der Waals surface area contributed by atoms with Crippen LogP contribution in [-0.4, -0.2) is 25.8 Å². The zero-order chi connectivity index (χ0) is 15.1. The molecular weight excluding hydrogens is 262 g/mol. The van der Waals surface area contributed by atoms with E-state index in [-0.39, 0.29) is 0 Å². The van der Waals surface area contributed by atoms with Gasteiger partial charge in [0.05, 0.1) is 6.61 Å². The van der Waals surface area contributed by atoms with Crippen molar-refractivity contribution in [2.24, 2.45) is 11.8 Å². The summed E-state index contributed by atoms with van der Waals surface area (Å²) in [5.74, 6) is 3.35. The molecule has 0 bridgehead atoms. The lowest BCUT2D eigenvalue weighted by Gasteiger charge is -2.32. The summed E-state index contributed by atoms with van der Waals surface area (Å²) in [7, 11) is 0. The second-order valence-electron chi connectivity index (χ2n) is 6.30. The third kappa shape index (κ3) is 5.24. The summed E-state index contributed by atoms with van der Waals surface area (Å²) >= 11 is 0. The van der Waals surface area contributed by atoms with Crippen LogP contribution >= 0.6 is 0 Å². The molecule has 21 heavy (non-hydrogen) atoms. The molecule has 118 valence electrons. The minimum absolute atomic E-state index is 0.648. The second kappa shape index (κ2) is 8.28. The summed E-state index contributed by atoms with van der Waals surface area (Å²) < 4.78 is 11.4. The van der Waals surface area contributed by atoms with Crippen molar-refractivity contribution in [2.75, 3.05) is 19.8 Å². The van der Waals surface area contributed by atoms with Crippen molar-refractivity contribution in [2.45, 2.75) is 46.1 Å². The monoisotopic (exact) mass is 291 g/mol. The largest absolute Gasteiger partial charge is 0.490 e. The highest BCUT2D eigenvalue weighted by Gasteiger charge is 2.23. The van der Waals surface area contributed by atoms with Gasteiger partial charge in [-0.05, 0) is 50.2 Å². The first kappa shape index (κ1) is 16.2. The standard InChI is InChI=1S/C18H29NO2/c1-4-20-17-7-5-6-8-18(17)21-10-9-19-16-12-14(2)11-15(3)13-16/h5-8,14-16,19H,4,9-13H2,1-3H3. The number of para-hydroxylation sites is 2. The molecule has 2 unspecified atom stereocenters. The molecule has 3 heteroatoms. The van der Waals surface area contributed by atoms with E-state index in [0.29, 0.717) is 19.3 Å². The van der Waals surface area contributed by atoms with Crippen molar-refractivity contribution in [3.05, 3.63) is 24.3 Å². The molecule has 0 saturated heterocycles. The predicted molar refractivity (Wildman–Crippen MR) is 87.1 cm³/mol. The molecule has 2 atom stereocenters. The zero-order valence-electron chi connectivity index (χ0n) is 13.6. The molecule has 0 aliphatic heterocycles. The molecule has 0 amide bonds. The van der Waals surface area contributed by atoms with Gasteiger partial charge >= 0.3 is 0 Å². The third-order valence-electron chi connectivity index (χ3n) is 4.12. The van der Waals surface area contributed by atoms with Gasteiger partial charge in [-0.3, -0.25) is 0 Å². The summed E-state index contributed by atoms with van der Waals surface area (Å²) in [4.78, 5) is 0. The van der Waals surface area contributed by atoms with Gasteiger partial charge in [0, 0.05) is 12.6 Å². The first-order valence-electron chi connectivity index (χ1n) is 8.27. The smallest absolute Gasteiger partial charge is 0.161 e. The van der Waals surface area contributed by atoms with E-state index in [1.54, 1.807) is 0 Å². The maximum Gasteiger partial charge on any atom is 0.161 e. The minimum Gasteiger partial charge on any atom is -0.490 e. The van der Waals surface area contributed by atoms with E-state index in [2.05, 4.69) is 19.2 Å². The molecule has 0 radical (unpaired) electrons. The van der Waals surface area contributed by atoms with Crippen LogP contribution in [0.3, 0.4) is 0 Å². The van der Waals surface area contributed by atoms with Gasteiger partial charge in [-0.15, -0.1) is 0 Å². The van der Waals surface area contributed by atoms with Crippen molar-refractivity contribution in [1.82, 2.24) is 5.32 Å². The van der Waals surface area contributed by atoms with Gasteiger partial charge in [0.2, 0.25) is 0 Å². The number of ether oxygens (including phenoxy) is 2. The highest BCUT2D eigenvalue weighted by atomic mass is 16.5. The Bertz CT molecular complexity index is 411. The van der Waals surface area contributed by atoms with E-state index < -0.39 is 0 Å². The fourth-order valence-corrected chi connectivity index (χ4v) is 3.38. The summed E-state index contributed by atoms with van der Waals surface area (Å²) in [6.45, 7) is 8.95. The summed E-state index contributed by atoms with van der Waals surface area (Å²) in [5.41, 5.74) is 0. The Morgan fingerprint density at radius 3 is 2.24 bits per heavy atom. The lowest BCUT2D eigenvalue weighted by Crippen LogP contribution is -2.38. The normalized spacial score (nSPS) is 25.6. The van der Waals surface area contributed by atoms with Crippen molar-refractivity contribution in [3.63, 3.8) is 0 Å². The van der Waals surface area contributed by atoms with Crippen LogP contribution in [0.4, 0.5) is 0 Å². The van der Waals surface area contributed by atoms with Crippen LogP contribution in [0.1, 0.15) is 40.0 Å². The Balaban J connectivity index is 1.72. The average Bonchev–Trinajstić information content (AvgIpc) is 2.44. The number of rotatable bonds is 7. The van der Waals surface area contributed by atoms with E-state index in [0.717, 1.165) is 29.9 Å². The van der Waals surface area contributed by atoms with Crippen LogP contribution in [0.5, 0.6) is 11.5 Å². The SMILES string of the molecule is CCOc1ccccc1OCCNC1CC(C)CC(C)C1. The maximum atomic E-state index is 5.85. The molecule has 0 spiro atoms. The maximum absolute atomic E-state index is 5.85. The van der Waals surface area contributed by atoms with Gasteiger partial charge in [0.25, 0.3) is 0 Å². The van der Waals surface area contributed by atoms with E-state index in [4.69, 9.17) is 9.47 Å². The van der Waals surface area contributed by atoms with Crippen LogP contribution < -0.4 is 14.8 Å². The van der Waals surface area contributed by atoms with Crippen molar-refractivity contribution in [3.8, 4) is 11.5 Å². The van der Waals surface area contributed by atoms with Crippen molar-refractivity contribution in [1.29, 1.82) is 0 Å². The van der Waals surface area contributed by atoms with E-state index >= 15 is 0 Å². The van der Waals surface area contributed by atoms with E-state index in [1.165, 1.54) is 19.3 Å². The van der Waals surface area contributed by atoms with Crippen LogP contribution in [0, 0.1) is 11.8 Å². The molecule has 1 aliphatic rings. The second-order valence-corrected chi connectivity index (χ2v) is 6.30. The molecule has 2 rings (SSSR count). The minimum atomic E-state index is 0.648. The quantitative estimate of drug-likeness (QED) is 0.773. The van der Waals surface area contributed by atoms with Gasteiger partial charge in [0.1, 0.15) is 6.61 Å². The lowest BCUT2D eigenvalue weighted by molar-refractivity contribution is 0.222. The van der Waals surface area contributed by atoms with Crippen LogP contribution in [0.15, 0.2) is 24.3 Å². The van der Waals surface area contributed by atoms with Crippen LogP contribution in [0.25, 0.3) is 0 Å². The zero-order valence-corrected chi connectivity index (χ0v) is 13.6. The van der Waals surface area contributed by atoms with Gasteiger partial charge in [-0.25, -0.2) is 0 Å². The highest BCUT2D eigenvalue weighted by molar-refractivity contribution is 5.39. The third-order valence-corrected chi connectivity index (χ3v) is 4.12. The first-order valence-corrected chi connectivity index (χ1v) is 8.27. The van der Waals surface area contributed by atoms with Crippen molar-refractivity contribution >= 4 is 0 Å². The van der Waals surface area contributed by atoms with Crippen LogP contribution in [0.2, 0.25) is 0 Å². The molecule has 1 N–H and O–H groups in total. The molecule has 0 aromatic heterocycles. The Morgan fingerprint density at radius 1 is 1.00 bits per heavy atom. The molecule has 1 aromatic rings. The molecule has 1 aromatic carbocycles. The first-order chi connectivity index (χ1) is 10.2. The molecular formula is C18H29NO2. The van der Waals surface area contributed by atoms with Gasteiger partial charge in [0.15, 0.2) is 11.5 Å². The Labute approximate surface area is 129 Å². The summed E-state index contributed by atoms with van der Waals surface area (Å²) in [6, 6.07) is 8.53. The highest BCUT2D eigenvalue weighted by Crippen LogP contribution is 2.28. The lowest BCUT2D eigenvalue weighted by atomic mass is 9.80. The Kier molecular flexibility index (Phi) is 6.37. The Hall–Kier alpha value is -1.22. The molecule has 0 heterocycles. The fourth-order valence-electron chi connectivity index (χ4n) is 3.38. The molecule has 1 fully saturated rings. The molecule has 3 nitrogen and oxygen atoms in total. The number of hydrogen-bond donors (Lipinski definition) is 1. The van der Waals surface area contributed by atoms with E-state index in [1.807, 2.05) is 31.2 Å². The topological polar surface area (TPSA) is 30.5 Å². The number of nitrogens with one attached hydrogen (secondary N) is 1. The van der Waals surface area contributed by atoms with Crippen molar-refractivity contribution < 1.29 is 9.47 Å². The fraction of sp³-hybridized carbons (Fsp3) is 0.667. The van der Waals surface area contributed by atoms with Gasteiger partial charge < -0.3 is 14.8 Å². The predicted octanol–water partition coefficient (Wildman–Crippen LogP) is 3.88.